The van der Waals surface area contributed by atoms with E-state index in [9.17, 15) is 14.9 Å². The second-order valence-corrected chi connectivity index (χ2v) is 6.41. The molecule has 2 N–H and O–H groups in total. The van der Waals surface area contributed by atoms with Crippen LogP contribution >= 0.6 is 11.3 Å². The zero-order valence-electron chi connectivity index (χ0n) is 13.8. The van der Waals surface area contributed by atoms with Crippen LogP contribution in [-0.2, 0) is 0 Å². The Morgan fingerprint density at radius 1 is 1.38 bits per heavy atom. The first kappa shape index (κ1) is 17.9. The maximum atomic E-state index is 12.1. The molecule has 8 heteroatoms. The number of aryl methyl sites for hydroxylation is 1. The number of amides is 2. The number of carbonyl (C=O) groups excluding carboxylic acids is 1. The third-order valence-electron chi connectivity index (χ3n) is 3.67. The molecule has 1 aromatic carbocycles. The Morgan fingerprint density at radius 3 is 2.71 bits per heavy atom. The van der Waals surface area contributed by atoms with Gasteiger partial charge < -0.3 is 15.5 Å². The van der Waals surface area contributed by atoms with Crippen molar-refractivity contribution in [3.63, 3.8) is 0 Å². The summed E-state index contributed by atoms with van der Waals surface area (Å²) in [4.78, 5) is 24.6. The predicted octanol–water partition coefficient (Wildman–Crippen LogP) is 3.39. The molecule has 0 bridgehead atoms. The van der Waals surface area contributed by atoms with Gasteiger partial charge in [-0.15, -0.1) is 0 Å². The number of hydrogen-bond donors (Lipinski definition) is 2. The highest BCUT2D eigenvalue weighted by Gasteiger charge is 2.16. The van der Waals surface area contributed by atoms with Crippen molar-refractivity contribution in [2.75, 3.05) is 26.0 Å². The topological polar surface area (TPSA) is 87.5 Å². The third-order valence-corrected chi connectivity index (χ3v) is 4.37. The summed E-state index contributed by atoms with van der Waals surface area (Å²) in [7, 11) is 3.90. The van der Waals surface area contributed by atoms with Crippen LogP contribution in [0.15, 0.2) is 35.0 Å². The highest BCUT2D eigenvalue weighted by Crippen LogP contribution is 2.22. The average molecular weight is 348 g/mol. The maximum Gasteiger partial charge on any atom is 0.319 e. The maximum absolute atomic E-state index is 12.1. The van der Waals surface area contributed by atoms with Crippen LogP contribution in [0.25, 0.3) is 0 Å². The molecule has 2 aromatic rings. The molecule has 0 aliphatic heterocycles. The second kappa shape index (κ2) is 7.89. The van der Waals surface area contributed by atoms with Gasteiger partial charge in [-0.25, -0.2) is 4.79 Å². The number of rotatable bonds is 6. The minimum absolute atomic E-state index is 0.0164. The molecule has 0 saturated heterocycles. The van der Waals surface area contributed by atoms with Crippen molar-refractivity contribution in [2.45, 2.75) is 13.0 Å². The SMILES string of the molecule is Cc1ccc(NC(=O)NCC(c2ccsc2)N(C)C)cc1[N+](=O)[O-]. The molecule has 2 rings (SSSR count). The Labute approximate surface area is 144 Å². The molecule has 1 heterocycles. The van der Waals surface area contributed by atoms with Crippen molar-refractivity contribution in [3.05, 3.63) is 56.3 Å². The quantitative estimate of drug-likeness (QED) is 0.619. The van der Waals surface area contributed by atoms with Gasteiger partial charge in [0.05, 0.1) is 11.0 Å². The molecular formula is C16H20N4O3S. The predicted molar refractivity (Wildman–Crippen MR) is 95.6 cm³/mol. The largest absolute Gasteiger partial charge is 0.336 e. The monoisotopic (exact) mass is 348 g/mol. The first-order chi connectivity index (χ1) is 11.4. The molecule has 128 valence electrons. The van der Waals surface area contributed by atoms with Crippen molar-refractivity contribution in [1.29, 1.82) is 0 Å². The fourth-order valence-electron chi connectivity index (χ4n) is 2.31. The number of carbonyl (C=O) groups is 1. The summed E-state index contributed by atoms with van der Waals surface area (Å²) in [5, 5.41) is 20.4. The standard InChI is InChI=1S/C16H20N4O3S/c1-11-4-5-13(8-14(11)20(22)23)18-16(21)17-9-15(19(2)3)12-6-7-24-10-12/h4-8,10,15H,9H2,1-3H3,(H2,17,18,21). The van der Waals surface area contributed by atoms with Crippen LogP contribution < -0.4 is 10.6 Å². The van der Waals surface area contributed by atoms with E-state index in [-0.39, 0.29) is 11.7 Å². The lowest BCUT2D eigenvalue weighted by molar-refractivity contribution is -0.385. The van der Waals surface area contributed by atoms with Gasteiger partial charge in [-0.1, -0.05) is 6.07 Å². The number of hydrogen-bond acceptors (Lipinski definition) is 5. The van der Waals surface area contributed by atoms with Gasteiger partial charge in [0.25, 0.3) is 5.69 Å². The number of nitro benzene ring substituents is 1. The van der Waals surface area contributed by atoms with Gasteiger partial charge in [0, 0.05) is 23.9 Å². The summed E-state index contributed by atoms with van der Waals surface area (Å²) >= 11 is 1.61. The van der Waals surface area contributed by atoms with Crippen LogP contribution in [0.5, 0.6) is 0 Å². The number of nitro groups is 1. The molecule has 7 nitrogen and oxygen atoms in total. The van der Waals surface area contributed by atoms with Gasteiger partial charge in [0.2, 0.25) is 0 Å². The van der Waals surface area contributed by atoms with Crippen LogP contribution in [0.4, 0.5) is 16.2 Å². The second-order valence-electron chi connectivity index (χ2n) is 5.63. The van der Waals surface area contributed by atoms with E-state index in [2.05, 4.69) is 10.6 Å². The summed E-state index contributed by atoms with van der Waals surface area (Å²) < 4.78 is 0. The van der Waals surface area contributed by atoms with Crippen molar-refractivity contribution < 1.29 is 9.72 Å². The molecule has 1 atom stereocenters. The number of benzene rings is 1. The lowest BCUT2D eigenvalue weighted by atomic mass is 10.1. The van der Waals surface area contributed by atoms with E-state index in [4.69, 9.17) is 0 Å². The van der Waals surface area contributed by atoms with E-state index >= 15 is 0 Å². The van der Waals surface area contributed by atoms with Crippen molar-refractivity contribution >= 4 is 28.7 Å². The summed E-state index contributed by atoms with van der Waals surface area (Å²) in [6, 6.07) is 6.31. The Bertz CT molecular complexity index is 716. The number of likely N-dealkylation sites (N-methyl/N-ethyl adjacent to an activating group) is 1. The zero-order valence-corrected chi connectivity index (χ0v) is 14.6. The summed E-state index contributed by atoms with van der Waals surface area (Å²) in [5.74, 6) is 0. The fourth-order valence-corrected chi connectivity index (χ4v) is 3.02. The number of nitrogens with one attached hydrogen (secondary N) is 2. The van der Waals surface area contributed by atoms with Gasteiger partial charge in [-0.05, 0) is 49.5 Å². The van der Waals surface area contributed by atoms with Crippen molar-refractivity contribution in [3.8, 4) is 0 Å². The molecule has 0 saturated carbocycles. The molecule has 0 fully saturated rings. The molecule has 0 aliphatic carbocycles. The van der Waals surface area contributed by atoms with E-state index in [0.29, 0.717) is 17.8 Å². The van der Waals surface area contributed by atoms with E-state index in [0.717, 1.165) is 5.56 Å². The molecular weight excluding hydrogens is 328 g/mol. The number of thiophene rings is 1. The molecule has 24 heavy (non-hydrogen) atoms. The van der Waals surface area contributed by atoms with Crippen LogP contribution in [0.1, 0.15) is 17.2 Å². The minimum atomic E-state index is -0.461. The van der Waals surface area contributed by atoms with E-state index in [1.807, 2.05) is 35.8 Å². The van der Waals surface area contributed by atoms with Gasteiger partial charge >= 0.3 is 6.03 Å². The third kappa shape index (κ3) is 4.53. The van der Waals surface area contributed by atoms with Gasteiger partial charge in [0.15, 0.2) is 0 Å². The Morgan fingerprint density at radius 2 is 2.12 bits per heavy atom. The van der Waals surface area contributed by atoms with Gasteiger partial charge in [-0.2, -0.15) is 11.3 Å². The molecule has 0 aliphatic rings. The van der Waals surface area contributed by atoms with Gasteiger partial charge in [-0.3, -0.25) is 10.1 Å². The van der Waals surface area contributed by atoms with E-state index in [1.54, 1.807) is 30.4 Å². The summed E-state index contributed by atoms with van der Waals surface area (Å²) in [6.45, 7) is 2.09. The summed E-state index contributed by atoms with van der Waals surface area (Å²) in [5.41, 5.74) is 2.06. The molecule has 0 radical (unpaired) electrons. The first-order valence-corrected chi connectivity index (χ1v) is 8.31. The van der Waals surface area contributed by atoms with Crippen LogP contribution in [-0.4, -0.2) is 36.5 Å². The minimum Gasteiger partial charge on any atom is -0.336 e. The van der Waals surface area contributed by atoms with Gasteiger partial charge in [0.1, 0.15) is 0 Å². The lowest BCUT2D eigenvalue weighted by Gasteiger charge is -2.24. The van der Waals surface area contributed by atoms with Crippen LogP contribution in [0.3, 0.4) is 0 Å². The van der Waals surface area contributed by atoms with Crippen molar-refractivity contribution in [1.82, 2.24) is 10.2 Å². The first-order valence-electron chi connectivity index (χ1n) is 7.37. The smallest absolute Gasteiger partial charge is 0.319 e. The normalized spacial score (nSPS) is 12.0. The Balaban J connectivity index is 1.98. The zero-order chi connectivity index (χ0) is 17.7. The highest BCUT2D eigenvalue weighted by molar-refractivity contribution is 7.07. The number of anilines is 1. The Hall–Kier alpha value is -2.45. The molecule has 1 aromatic heterocycles. The fraction of sp³-hybridized carbons (Fsp3) is 0.312. The Kier molecular flexibility index (Phi) is 5.88. The molecule has 0 spiro atoms. The van der Waals surface area contributed by atoms with E-state index < -0.39 is 11.0 Å². The number of nitrogens with zero attached hydrogens (tertiary/aromatic N) is 2. The average Bonchev–Trinajstić information content (AvgIpc) is 3.03. The lowest BCUT2D eigenvalue weighted by Crippen LogP contribution is -2.36. The highest BCUT2D eigenvalue weighted by atomic mass is 32.1. The summed E-state index contributed by atoms with van der Waals surface area (Å²) in [6.07, 6.45) is 0. The number of urea groups is 1. The van der Waals surface area contributed by atoms with Crippen molar-refractivity contribution in [2.24, 2.45) is 0 Å². The van der Waals surface area contributed by atoms with Crippen LogP contribution in [0, 0.1) is 17.0 Å². The molecule has 2 amide bonds. The van der Waals surface area contributed by atoms with Crippen LogP contribution in [0.2, 0.25) is 0 Å². The van der Waals surface area contributed by atoms with E-state index in [1.165, 1.54) is 6.07 Å². The molecule has 1 unspecified atom stereocenters.